The van der Waals surface area contributed by atoms with Gasteiger partial charge < -0.3 is 142 Å². The number of ether oxygens (including phenoxy) is 3. The molecule has 0 aromatic heterocycles. The van der Waals surface area contributed by atoms with Crippen LogP contribution >= 0.6 is 35.3 Å². The van der Waals surface area contributed by atoms with Gasteiger partial charge in [0.2, 0.25) is 53.2 Å². The summed E-state index contributed by atoms with van der Waals surface area (Å²) in [5.74, 6) is -10.9. The number of nitrogens with zero attached hydrogens (tertiary/aromatic N) is 3. The van der Waals surface area contributed by atoms with Gasteiger partial charge in [0.05, 0.1) is 39.1 Å². The third-order valence-corrected chi connectivity index (χ3v) is 20.6. The number of carbonyl (C=O) groups is 24. The predicted octanol–water partition coefficient (Wildman–Crippen LogP) is -2.16. The van der Waals surface area contributed by atoms with E-state index in [1.165, 1.54) is 54.2 Å². The monoisotopic (exact) mass is 2130 g/mol. The van der Waals surface area contributed by atoms with Crippen molar-refractivity contribution in [3.8, 4) is 0 Å². The average Bonchev–Trinajstić information content (AvgIpc) is 1.74. The molecule has 0 aromatic carbocycles. The number of nitrogens with one attached hydrogen (secondary N) is 9. The van der Waals surface area contributed by atoms with Crippen molar-refractivity contribution in [2.24, 2.45) is 34.4 Å². The topological polar surface area (TPSA) is 861 Å². The fourth-order valence-electron chi connectivity index (χ4n) is 10.4. The molecule has 0 radical (unpaired) electrons. The van der Waals surface area contributed by atoms with Gasteiger partial charge in [0.25, 0.3) is 35.4 Å². The minimum Gasteiger partial charge on any atom is -0.480 e. The first-order valence-electron chi connectivity index (χ1n) is 46.4. The molecule has 3 aliphatic rings. The van der Waals surface area contributed by atoms with E-state index in [2.05, 4.69) is 67.1 Å². The largest absolute Gasteiger partial charge is 0.480 e. The van der Waals surface area contributed by atoms with Crippen molar-refractivity contribution in [2.75, 3.05) is 138 Å². The molecule has 3 aliphatic heterocycles. The average molecular weight is 2130 g/mol. The molecule has 0 spiro atoms. The van der Waals surface area contributed by atoms with E-state index in [-0.39, 0.29) is 163 Å². The van der Waals surface area contributed by atoms with Gasteiger partial charge in [-0.15, -0.1) is 15.2 Å². The molecule has 3 saturated heterocycles. The predicted molar refractivity (Wildman–Crippen MR) is 525 cm³/mol. The van der Waals surface area contributed by atoms with Crippen molar-refractivity contribution in [3.05, 3.63) is 0 Å². The standard InChI is InChI=1S/C16H28N4O6.C14H26N2O6.C14H26N2O4S2.C9H12N2O5.C8H11NO5.C8H11NO4S.3C6H14N2O2/c1-17-12(21)6-8-14(23)19-10-4-3-5-11(16(25)26)20-15(24)9-7-13(22)18-2;2*1-21-9-6-12(17)15-8-4-3-5-11(14(19)20)16-13(18)7-10-22-2;1-10-6(12)2-5-9(15)16-11-7(13)3-4-8(11)14;1-13-5-4-8(12)14-9-6(10)2-3-7(9)11;1-14-5-4-8(12)13-9-6(10)2-3-7(9)11;3*7-4-2-1-3-5(8)6(9)10/h11H,3-10H2,1-2H3,(H,17,21)(H,18,22)(H,19,23)(H,20,24)(H,25,26);2*11H,3-10H2,1-2H3,(H,15,17)(H,16,18)(H,19,20);2-5H2,1H3,(H,10,12);2*2-5H2,1H3;3*5H,1-4,7-8H2,(H,9,10). The number of amides is 15. The number of carboxylic acid groups (broad SMARTS) is 6. The minimum absolute atomic E-state index is 0.00322. The van der Waals surface area contributed by atoms with E-state index in [1.807, 2.05) is 18.8 Å². The number of imide groups is 3. The van der Waals surface area contributed by atoms with E-state index in [4.69, 9.17) is 74.5 Å². The molecule has 0 bridgehead atoms. The molecular weight excluding hydrogens is 1970 g/mol. The van der Waals surface area contributed by atoms with E-state index < -0.39 is 131 Å². The number of hydroxylamine groups is 6. The highest BCUT2D eigenvalue weighted by molar-refractivity contribution is 7.99. The molecule has 3 rings (SSSR count). The molecule has 6 atom stereocenters. The summed E-state index contributed by atoms with van der Waals surface area (Å²) >= 11 is 4.67. The van der Waals surface area contributed by atoms with Crippen LogP contribution in [-0.4, -0.2) is 362 Å². The molecule has 57 heteroatoms. The number of carboxylic acids is 6. The Labute approximate surface area is 850 Å². The van der Waals surface area contributed by atoms with Gasteiger partial charge in [-0.2, -0.15) is 35.3 Å². The maximum atomic E-state index is 11.7. The Balaban J connectivity index is -0.000000379. The molecule has 54 nitrogen and oxygen atoms in total. The maximum absolute atomic E-state index is 11.7. The van der Waals surface area contributed by atoms with Gasteiger partial charge in [-0.25, -0.2) is 28.8 Å². The fraction of sp³-hybridized carbons (Fsp3) is 0.724. The summed E-state index contributed by atoms with van der Waals surface area (Å²) in [5.41, 5.74) is 31.3. The lowest BCUT2D eigenvalue weighted by Gasteiger charge is -2.14. The van der Waals surface area contributed by atoms with Crippen molar-refractivity contribution in [1.82, 2.24) is 63.0 Å². The number of rotatable bonds is 66. The van der Waals surface area contributed by atoms with Gasteiger partial charge in [-0.05, 0) is 135 Å². The number of carbonyl (C=O) groups excluding carboxylic acids is 18. The Morgan fingerprint density at radius 2 is 0.514 bits per heavy atom. The summed E-state index contributed by atoms with van der Waals surface area (Å²) in [6, 6.07) is -4.93. The van der Waals surface area contributed by atoms with E-state index >= 15 is 0 Å². The second-order valence-corrected chi connectivity index (χ2v) is 33.7. The summed E-state index contributed by atoms with van der Waals surface area (Å²) in [7, 11) is 8.85. The van der Waals surface area contributed by atoms with Crippen molar-refractivity contribution >= 4 is 178 Å². The molecule has 828 valence electrons. The van der Waals surface area contributed by atoms with Crippen LogP contribution in [0.5, 0.6) is 0 Å². The zero-order chi connectivity index (χ0) is 111. The third-order valence-electron chi connectivity index (χ3n) is 18.8. The van der Waals surface area contributed by atoms with Crippen LogP contribution in [0.25, 0.3) is 0 Å². The van der Waals surface area contributed by atoms with Crippen LogP contribution in [0.4, 0.5) is 0 Å². The summed E-state index contributed by atoms with van der Waals surface area (Å²) in [6.45, 7) is 4.03. The maximum Gasteiger partial charge on any atom is 0.335 e. The lowest BCUT2D eigenvalue weighted by atomic mass is 10.1. The van der Waals surface area contributed by atoms with Crippen molar-refractivity contribution < 1.29 is 174 Å². The highest BCUT2D eigenvalue weighted by atomic mass is 32.2. The minimum atomic E-state index is -1.15. The number of aliphatic carboxylic acids is 6. The SMILES string of the molecule is CNC(=O)CCC(=O)NCCCCC(NC(=O)CCC(=O)NC)C(=O)O.CNC(=O)CCC(=O)ON1C(=O)CCC1=O.COCCC(=O)NCCCCC(NC(=O)CCOC)C(=O)O.COCCC(=O)ON1C(=O)CCC1=O.CSCCC(=O)NCCCCC(NC(=O)CCSC)C(=O)O.CSCCC(=O)ON1C(=O)CCC1=O.NCCCCC(N)C(=O)O.NCCCCC(N)C(=O)O.NCCCCC(N)C(=O)O. The Hall–Kier alpha value is -11.4. The van der Waals surface area contributed by atoms with Crippen molar-refractivity contribution in [1.29, 1.82) is 0 Å². The lowest BCUT2D eigenvalue weighted by Crippen LogP contribution is -2.41. The molecule has 15 amide bonds. The Bertz CT molecular complexity index is 3620. The first-order chi connectivity index (χ1) is 68.2. The normalized spacial score (nSPS) is 13.1. The Kier molecular flexibility index (Phi) is 94.6. The second kappa shape index (κ2) is 95.1. The first kappa shape index (κ1) is 143. The van der Waals surface area contributed by atoms with Crippen LogP contribution in [0, 0.1) is 0 Å². The summed E-state index contributed by atoms with van der Waals surface area (Å²) in [5, 5.41) is 76.5. The van der Waals surface area contributed by atoms with Gasteiger partial charge in [-0.1, -0.05) is 19.3 Å². The quantitative estimate of drug-likeness (QED) is 0.0228. The molecule has 144 heavy (non-hydrogen) atoms. The fourth-order valence-corrected chi connectivity index (χ4v) is 11.6. The highest BCUT2D eigenvalue weighted by Gasteiger charge is 2.36. The van der Waals surface area contributed by atoms with Crippen molar-refractivity contribution in [2.45, 2.75) is 267 Å². The van der Waals surface area contributed by atoms with Gasteiger partial charge in [0.1, 0.15) is 36.3 Å². The van der Waals surface area contributed by atoms with Crippen LogP contribution in [0.3, 0.4) is 0 Å². The second-order valence-electron chi connectivity index (χ2n) is 30.7. The summed E-state index contributed by atoms with van der Waals surface area (Å²) in [4.78, 5) is 279. The van der Waals surface area contributed by atoms with E-state index in [0.717, 1.165) is 44.3 Å². The number of unbranched alkanes of at least 4 members (excludes halogenated alkanes) is 6. The molecule has 6 unspecified atom stereocenters. The van der Waals surface area contributed by atoms with E-state index in [1.54, 1.807) is 23.5 Å². The van der Waals surface area contributed by atoms with Gasteiger partial charge in [-0.3, -0.25) is 86.3 Å². The first-order valence-corrected chi connectivity index (χ1v) is 50.6. The van der Waals surface area contributed by atoms with Gasteiger partial charge in [0, 0.05) is 176 Å². The zero-order valence-electron chi connectivity index (χ0n) is 83.9. The molecule has 0 aromatic rings. The number of hydrogen-bond donors (Lipinski definition) is 21. The van der Waals surface area contributed by atoms with E-state index in [0.29, 0.717) is 162 Å². The summed E-state index contributed by atoms with van der Waals surface area (Å²) in [6.07, 6.45) is 18.8. The van der Waals surface area contributed by atoms with Gasteiger partial charge in [0.15, 0.2) is 0 Å². The van der Waals surface area contributed by atoms with Crippen LogP contribution in [0.1, 0.15) is 231 Å². The van der Waals surface area contributed by atoms with Crippen LogP contribution in [-0.2, 0) is 144 Å². The third kappa shape index (κ3) is 86.1. The number of hydrogen-bond acceptors (Lipinski definition) is 39. The van der Waals surface area contributed by atoms with Crippen molar-refractivity contribution in [3.63, 3.8) is 0 Å². The Morgan fingerprint density at radius 1 is 0.292 bits per heavy atom. The number of nitrogens with two attached hydrogens (primary N) is 6. The van der Waals surface area contributed by atoms with Crippen LogP contribution in [0.15, 0.2) is 0 Å². The number of thioether (sulfide) groups is 3. The highest BCUT2D eigenvalue weighted by Crippen LogP contribution is 2.17. The van der Waals surface area contributed by atoms with E-state index in [9.17, 15) is 115 Å². The number of methoxy groups -OCH3 is 3. The molecule has 0 aliphatic carbocycles. The smallest absolute Gasteiger partial charge is 0.335 e. The molecule has 27 N–H and O–H groups in total. The molecule has 0 saturated carbocycles. The van der Waals surface area contributed by atoms with Gasteiger partial charge >= 0.3 is 53.7 Å². The molecule has 3 heterocycles. The van der Waals surface area contributed by atoms with Crippen LogP contribution in [0.2, 0.25) is 0 Å². The summed E-state index contributed by atoms with van der Waals surface area (Å²) < 4.78 is 14.2. The molecular formula is C87H156N18O36S3. The zero-order valence-corrected chi connectivity index (χ0v) is 86.3. The lowest BCUT2D eigenvalue weighted by molar-refractivity contribution is -0.198. The van der Waals surface area contributed by atoms with Crippen LogP contribution < -0.4 is 82.3 Å². The molecule has 3 fully saturated rings. The Morgan fingerprint density at radius 3 is 0.792 bits per heavy atom.